The van der Waals surface area contributed by atoms with E-state index in [1.165, 1.54) is 11.3 Å². The third-order valence-corrected chi connectivity index (χ3v) is 6.47. The molecule has 0 saturated carbocycles. The first-order chi connectivity index (χ1) is 17.6. The van der Waals surface area contributed by atoms with Crippen LogP contribution in [0.25, 0.3) is 17.0 Å². The van der Waals surface area contributed by atoms with Crippen LogP contribution in [0.5, 0.6) is 11.5 Å². The van der Waals surface area contributed by atoms with Gasteiger partial charge in [0.15, 0.2) is 11.5 Å². The van der Waals surface area contributed by atoms with Gasteiger partial charge in [0.2, 0.25) is 5.13 Å². The lowest BCUT2D eigenvalue weighted by Gasteiger charge is -2.11. The molecule has 1 N–H and O–H groups in total. The third kappa shape index (κ3) is 5.90. The number of hydrogen-bond donors (Lipinski definition) is 1. The molecular formula is C27H27N5O3S. The molecule has 0 spiro atoms. The number of amides is 1. The summed E-state index contributed by atoms with van der Waals surface area (Å²) in [5.74, 6) is 0.845. The second kappa shape index (κ2) is 12.0. The van der Waals surface area contributed by atoms with Gasteiger partial charge in [-0.1, -0.05) is 55.0 Å². The van der Waals surface area contributed by atoms with Gasteiger partial charge in [0.25, 0.3) is 5.91 Å². The molecule has 36 heavy (non-hydrogen) atoms. The van der Waals surface area contributed by atoms with Crippen molar-refractivity contribution >= 4 is 39.4 Å². The number of hydrogen-bond acceptors (Lipinski definition) is 7. The Balaban J connectivity index is 1.51. The van der Waals surface area contributed by atoms with E-state index in [1.807, 2.05) is 65.4 Å². The van der Waals surface area contributed by atoms with E-state index in [0.29, 0.717) is 29.8 Å². The second-order valence-electron chi connectivity index (χ2n) is 8.02. The van der Waals surface area contributed by atoms with Crippen LogP contribution in [0.4, 0.5) is 5.13 Å². The van der Waals surface area contributed by atoms with Crippen LogP contribution in [0, 0.1) is 11.3 Å². The number of carbonyl (C=O) groups excluding carboxylic acids is 1. The summed E-state index contributed by atoms with van der Waals surface area (Å²) >= 11 is 1.33. The van der Waals surface area contributed by atoms with Gasteiger partial charge in [-0.25, -0.2) is 0 Å². The first kappa shape index (κ1) is 24.9. The normalized spacial score (nSPS) is 11.3. The molecule has 0 radical (unpaired) electrons. The van der Waals surface area contributed by atoms with Crippen molar-refractivity contribution in [3.8, 4) is 17.6 Å². The molecule has 0 fully saturated rings. The maximum atomic E-state index is 12.8. The molecule has 184 valence electrons. The largest absolute Gasteiger partial charge is 0.493 e. The molecule has 2 aromatic heterocycles. The SMILES string of the molecule is CCCCc1nnc(NC(=O)C(C#N)=Cc2cn(CCOc3ccccc3OC)c3ccccc23)s1. The van der Waals surface area contributed by atoms with Gasteiger partial charge >= 0.3 is 0 Å². The van der Waals surface area contributed by atoms with Crippen molar-refractivity contribution in [1.29, 1.82) is 5.26 Å². The van der Waals surface area contributed by atoms with Gasteiger partial charge in [0.05, 0.1) is 13.7 Å². The first-order valence-corrected chi connectivity index (χ1v) is 12.5. The van der Waals surface area contributed by atoms with E-state index >= 15 is 0 Å². The number of anilines is 1. The smallest absolute Gasteiger partial charge is 0.268 e. The Bertz CT molecular complexity index is 1420. The molecule has 0 saturated heterocycles. The fourth-order valence-electron chi connectivity index (χ4n) is 3.77. The molecular weight excluding hydrogens is 474 g/mol. The van der Waals surface area contributed by atoms with Gasteiger partial charge in [-0.2, -0.15) is 5.26 Å². The minimum Gasteiger partial charge on any atom is -0.493 e. The number of benzene rings is 2. The summed E-state index contributed by atoms with van der Waals surface area (Å²) in [4.78, 5) is 12.8. The predicted octanol–water partition coefficient (Wildman–Crippen LogP) is 5.47. The van der Waals surface area contributed by atoms with E-state index in [9.17, 15) is 10.1 Å². The van der Waals surface area contributed by atoms with Crippen LogP contribution in [0.2, 0.25) is 0 Å². The average Bonchev–Trinajstić information content (AvgIpc) is 3.50. The number of nitrogens with one attached hydrogen (secondary N) is 1. The zero-order chi connectivity index (χ0) is 25.3. The Kier molecular flexibility index (Phi) is 8.32. The van der Waals surface area contributed by atoms with Crippen LogP contribution >= 0.6 is 11.3 Å². The summed E-state index contributed by atoms with van der Waals surface area (Å²) in [6.45, 7) is 3.11. The lowest BCUT2D eigenvalue weighted by molar-refractivity contribution is -0.112. The minimum absolute atomic E-state index is 0.00603. The van der Waals surface area contributed by atoms with Crippen LogP contribution in [-0.4, -0.2) is 34.4 Å². The molecule has 4 aromatic rings. The van der Waals surface area contributed by atoms with Crippen LogP contribution in [-0.2, 0) is 17.8 Å². The number of nitriles is 1. The van der Waals surface area contributed by atoms with Gasteiger partial charge in [0, 0.05) is 29.1 Å². The summed E-state index contributed by atoms with van der Waals surface area (Å²) < 4.78 is 13.3. The van der Waals surface area contributed by atoms with Crippen LogP contribution in [0.1, 0.15) is 30.3 Å². The fraction of sp³-hybridized carbons (Fsp3) is 0.259. The van der Waals surface area contributed by atoms with Gasteiger partial charge < -0.3 is 14.0 Å². The second-order valence-corrected chi connectivity index (χ2v) is 9.08. The van der Waals surface area contributed by atoms with Gasteiger partial charge in [-0.3, -0.25) is 10.1 Å². The number of unbranched alkanes of at least 4 members (excludes halogenated alkanes) is 1. The number of nitrogens with zero attached hydrogens (tertiary/aromatic N) is 4. The van der Waals surface area contributed by atoms with Gasteiger partial charge in [-0.15, -0.1) is 10.2 Å². The van der Waals surface area contributed by atoms with E-state index in [4.69, 9.17) is 9.47 Å². The maximum Gasteiger partial charge on any atom is 0.268 e. The summed E-state index contributed by atoms with van der Waals surface area (Å²) in [5, 5.41) is 22.7. The topological polar surface area (TPSA) is 102 Å². The monoisotopic (exact) mass is 501 g/mol. The van der Waals surface area contributed by atoms with Crippen molar-refractivity contribution in [2.24, 2.45) is 0 Å². The van der Waals surface area contributed by atoms with Crippen LogP contribution < -0.4 is 14.8 Å². The summed E-state index contributed by atoms with van der Waals surface area (Å²) in [6.07, 6.45) is 6.43. The number of rotatable bonds is 11. The number of fused-ring (bicyclic) bond motifs is 1. The number of aromatic nitrogens is 3. The predicted molar refractivity (Wildman–Crippen MR) is 141 cm³/mol. The number of para-hydroxylation sites is 3. The zero-order valence-electron chi connectivity index (χ0n) is 20.2. The fourth-order valence-corrected chi connectivity index (χ4v) is 4.55. The molecule has 2 heterocycles. The molecule has 0 bridgehead atoms. The Morgan fingerprint density at radius 3 is 2.72 bits per heavy atom. The number of aryl methyl sites for hydroxylation is 1. The summed E-state index contributed by atoms with van der Waals surface area (Å²) in [5.41, 5.74) is 1.75. The number of ether oxygens (including phenoxy) is 2. The summed E-state index contributed by atoms with van der Waals surface area (Å²) in [6, 6.07) is 17.4. The van der Waals surface area contributed by atoms with E-state index < -0.39 is 5.91 Å². The lowest BCUT2D eigenvalue weighted by Crippen LogP contribution is -2.13. The van der Waals surface area contributed by atoms with Crippen molar-refractivity contribution in [3.63, 3.8) is 0 Å². The number of carbonyl (C=O) groups is 1. The highest BCUT2D eigenvalue weighted by atomic mass is 32.1. The van der Waals surface area contributed by atoms with Crippen LogP contribution in [0.15, 0.2) is 60.3 Å². The standard InChI is InChI=1S/C27H27N5O3S/c1-3-4-13-25-30-31-27(36-25)29-26(33)19(17-28)16-20-18-32(22-10-6-5-9-21(20)22)14-15-35-24-12-8-7-11-23(24)34-2/h5-12,16,18H,3-4,13-15H2,1-2H3,(H,29,31,33). The Hall–Kier alpha value is -4.16. The summed E-state index contributed by atoms with van der Waals surface area (Å²) in [7, 11) is 1.61. The van der Waals surface area contributed by atoms with Gasteiger partial charge in [0.1, 0.15) is 23.3 Å². The third-order valence-electron chi connectivity index (χ3n) is 5.57. The molecule has 0 atom stereocenters. The van der Waals surface area contributed by atoms with Crippen molar-refractivity contribution in [2.75, 3.05) is 19.0 Å². The van der Waals surface area contributed by atoms with E-state index in [-0.39, 0.29) is 5.57 Å². The van der Waals surface area contributed by atoms with E-state index in [0.717, 1.165) is 40.7 Å². The highest BCUT2D eigenvalue weighted by Gasteiger charge is 2.15. The number of methoxy groups -OCH3 is 1. The molecule has 0 unspecified atom stereocenters. The highest BCUT2D eigenvalue weighted by Crippen LogP contribution is 2.27. The Labute approximate surface area is 213 Å². The molecule has 4 rings (SSSR count). The molecule has 1 amide bonds. The van der Waals surface area contributed by atoms with Crippen molar-refractivity contribution in [1.82, 2.24) is 14.8 Å². The Morgan fingerprint density at radius 1 is 1.17 bits per heavy atom. The minimum atomic E-state index is -0.507. The van der Waals surface area contributed by atoms with E-state index in [2.05, 4.69) is 22.4 Å². The quantitative estimate of drug-likeness (QED) is 0.216. The molecule has 9 heteroatoms. The molecule has 0 aliphatic heterocycles. The van der Waals surface area contributed by atoms with Crippen molar-refractivity contribution < 1.29 is 14.3 Å². The maximum absolute atomic E-state index is 12.8. The molecule has 2 aromatic carbocycles. The van der Waals surface area contributed by atoms with Crippen molar-refractivity contribution in [2.45, 2.75) is 32.7 Å². The molecule has 0 aliphatic rings. The lowest BCUT2D eigenvalue weighted by atomic mass is 10.1. The van der Waals surface area contributed by atoms with Crippen molar-refractivity contribution in [3.05, 3.63) is 70.9 Å². The van der Waals surface area contributed by atoms with Crippen LogP contribution in [0.3, 0.4) is 0 Å². The zero-order valence-corrected chi connectivity index (χ0v) is 21.0. The van der Waals surface area contributed by atoms with Gasteiger partial charge in [-0.05, 0) is 30.7 Å². The molecule has 0 aliphatic carbocycles. The van der Waals surface area contributed by atoms with E-state index in [1.54, 1.807) is 13.2 Å². The molecule has 8 nitrogen and oxygen atoms in total. The average molecular weight is 502 g/mol. The highest BCUT2D eigenvalue weighted by molar-refractivity contribution is 7.15. The first-order valence-electron chi connectivity index (χ1n) is 11.7. The Morgan fingerprint density at radius 2 is 1.94 bits per heavy atom.